The highest BCUT2D eigenvalue weighted by atomic mass is 16.5. The zero-order chi connectivity index (χ0) is 18.5. The van der Waals surface area contributed by atoms with E-state index in [9.17, 15) is 0 Å². The van der Waals surface area contributed by atoms with Crippen LogP contribution >= 0.6 is 0 Å². The van der Waals surface area contributed by atoms with Crippen molar-refractivity contribution in [3.05, 3.63) is 103 Å². The van der Waals surface area contributed by atoms with Gasteiger partial charge in [-0.2, -0.15) is 0 Å². The summed E-state index contributed by atoms with van der Waals surface area (Å²) >= 11 is 0. The van der Waals surface area contributed by atoms with E-state index < -0.39 is 0 Å². The Morgan fingerprint density at radius 1 is 0.519 bits per heavy atom. The molecule has 4 aromatic rings. The van der Waals surface area contributed by atoms with Gasteiger partial charge in [0.05, 0.1) is 0 Å². The second-order valence-electron chi connectivity index (χ2n) is 6.26. The standard InChI is InChI=1S/C24H19BO2/c26-25-27-20-15-16-23(24(17-20)19-11-5-2-6-12-19)22-14-8-7-13-21(22)18-9-3-1-4-10-18/h1-17,25-26H. The fourth-order valence-corrected chi connectivity index (χ4v) is 3.37. The molecular weight excluding hydrogens is 331 g/mol. The molecule has 0 unspecified atom stereocenters. The molecule has 0 saturated heterocycles. The monoisotopic (exact) mass is 350 g/mol. The molecular formula is C24H19BO2. The number of hydrogen-bond donors (Lipinski definition) is 1. The molecule has 0 amide bonds. The maximum atomic E-state index is 9.14. The molecule has 4 aromatic carbocycles. The predicted molar refractivity (Wildman–Crippen MR) is 113 cm³/mol. The Labute approximate surface area is 160 Å². The smallest absolute Gasteiger partial charge is 0.504 e. The van der Waals surface area contributed by atoms with Crippen molar-refractivity contribution in [2.24, 2.45) is 0 Å². The van der Waals surface area contributed by atoms with Crippen LogP contribution in [0.1, 0.15) is 0 Å². The molecule has 0 fully saturated rings. The van der Waals surface area contributed by atoms with E-state index in [0.29, 0.717) is 5.75 Å². The Morgan fingerprint density at radius 2 is 1.04 bits per heavy atom. The molecule has 0 saturated carbocycles. The molecule has 0 heterocycles. The van der Waals surface area contributed by atoms with Gasteiger partial charge in [0.15, 0.2) is 0 Å². The molecule has 0 aliphatic carbocycles. The van der Waals surface area contributed by atoms with Crippen LogP contribution in [0.25, 0.3) is 33.4 Å². The largest absolute Gasteiger partial charge is 0.539 e. The van der Waals surface area contributed by atoms with Gasteiger partial charge >= 0.3 is 7.69 Å². The molecule has 130 valence electrons. The molecule has 0 radical (unpaired) electrons. The van der Waals surface area contributed by atoms with Crippen molar-refractivity contribution in [3.8, 4) is 39.1 Å². The van der Waals surface area contributed by atoms with Gasteiger partial charge in [0, 0.05) is 0 Å². The summed E-state index contributed by atoms with van der Waals surface area (Å²) in [6.45, 7) is 0. The predicted octanol–water partition coefficient (Wildman–Crippen LogP) is 5.33. The minimum absolute atomic E-state index is 0.339. The van der Waals surface area contributed by atoms with Crippen LogP contribution in [0.15, 0.2) is 103 Å². The molecule has 4 rings (SSSR count). The molecule has 3 heteroatoms. The Kier molecular flexibility index (Phi) is 5.04. The van der Waals surface area contributed by atoms with E-state index in [0.717, 1.165) is 22.3 Å². The molecule has 0 aromatic heterocycles. The highest BCUT2D eigenvalue weighted by molar-refractivity contribution is 6.17. The van der Waals surface area contributed by atoms with E-state index in [1.807, 2.05) is 36.4 Å². The van der Waals surface area contributed by atoms with Gasteiger partial charge in [0.1, 0.15) is 5.75 Å². The van der Waals surface area contributed by atoms with Crippen molar-refractivity contribution < 1.29 is 9.68 Å². The average molecular weight is 350 g/mol. The van der Waals surface area contributed by atoms with Gasteiger partial charge in [-0.3, -0.25) is 0 Å². The minimum atomic E-state index is -0.339. The lowest BCUT2D eigenvalue weighted by Gasteiger charge is -2.16. The Hall–Kier alpha value is -3.30. The van der Waals surface area contributed by atoms with E-state index in [1.54, 1.807) is 0 Å². The van der Waals surface area contributed by atoms with Crippen LogP contribution in [0.4, 0.5) is 0 Å². The van der Waals surface area contributed by atoms with E-state index in [4.69, 9.17) is 9.68 Å². The van der Waals surface area contributed by atoms with Crippen LogP contribution in [0.2, 0.25) is 0 Å². The van der Waals surface area contributed by atoms with Crippen LogP contribution in [0.5, 0.6) is 5.75 Å². The molecule has 1 N–H and O–H groups in total. The summed E-state index contributed by atoms with van der Waals surface area (Å²) in [5.74, 6) is 0.650. The maximum absolute atomic E-state index is 9.14. The van der Waals surface area contributed by atoms with Gasteiger partial charge in [-0.05, 0) is 45.5 Å². The first-order valence-corrected chi connectivity index (χ1v) is 8.95. The van der Waals surface area contributed by atoms with Crippen molar-refractivity contribution >= 4 is 7.69 Å². The van der Waals surface area contributed by atoms with Crippen molar-refractivity contribution in [2.45, 2.75) is 0 Å². The van der Waals surface area contributed by atoms with Crippen LogP contribution in [-0.4, -0.2) is 12.7 Å². The second-order valence-corrected chi connectivity index (χ2v) is 6.26. The fraction of sp³-hybridized carbons (Fsp3) is 0. The highest BCUT2D eigenvalue weighted by Gasteiger charge is 2.13. The van der Waals surface area contributed by atoms with Crippen molar-refractivity contribution in [1.29, 1.82) is 0 Å². The molecule has 0 atom stereocenters. The lowest BCUT2D eigenvalue weighted by Crippen LogP contribution is -2.00. The van der Waals surface area contributed by atoms with Gasteiger partial charge in [-0.25, -0.2) is 0 Å². The van der Waals surface area contributed by atoms with E-state index in [1.165, 1.54) is 11.1 Å². The first-order valence-electron chi connectivity index (χ1n) is 8.95. The van der Waals surface area contributed by atoms with Gasteiger partial charge in [-0.1, -0.05) is 91.0 Å². The Bertz CT molecular complexity index is 1030. The molecule has 0 aliphatic rings. The Balaban J connectivity index is 1.93. The third kappa shape index (κ3) is 3.64. The van der Waals surface area contributed by atoms with Crippen LogP contribution in [-0.2, 0) is 0 Å². The summed E-state index contributed by atoms with van der Waals surface area (Å²) in [7, 11) is -0.339. The van der Waals surface area contributed by atoms with Crippen LogP contribution in [0, 0.1) is 0 Å². The summed E-state index contributed by atoms with van der Waals surface area (Å²) in [5, 5.41) is 9.14. The molecule has 2 nitrogen and oxygen atoms in total. The SMILES string of the molecule is OBOc1ccc(-c2ccccc2-c2ccccc2)c(-c2ccccc2)c1. The summed E-state index contributed by atoms with van der Waals surface area (Å²) < 4.78 is 5.33. The van der Waals surface area contributed by atoms with Gasteiger partial charge < -0.3 is 9.68 Å². The third-order valence-corrected chi connectivity index (χ3v) is 4.61. The van der Waals surface area contributed by atoms with Gasteiger partial charge in [-0.15, -0.1) is 0 Å². The van der Waals surface area contributed by atoms with E-state index >= 15 is 0 Å². The summed E-state index contributed by atoms with van der Waals surface area (Å²) in [6.07, 6.45) is 0. The molecule has 0 aliphatic heterocycles. The lowest BCUT2D eigenvalue weighted by atomic mass is 9.89. The number of hydrogen-bond acceptors (Lipinski definition) is 2. The minimum Gasteiger partial charge on any atom is -0.539 e. The van der Waals surface area contributed by atoms with Crippen LogP contribution in [0.3, 0.4) is 0 Å². The Morgan fingerprint density at radius 3 is 1.67 bits per heavy atom. The maximum Gasteiger partial charge on any atom is 0.504 e. The topological polar surface area (TPSA) is 29.5 Å². The fourth-order valence-electron chi connectivity index (χ4n) is 3.37. The first kappa shape index (κ1) is 17.1. The summed E-state index contributed by atoms with van der Waals surface area (Å²) in [4.78, 5) is 0. The lowest BCUT2D eigenvalue weighted by molar-refractivity contribution is 0.454. The summed E-state index contributed by atoms with van der Waals surface area (Å²) in [6, 6.07) is 35.0. The number of rotatable bonds is 5. The quantitative estimate of drug-likeness (QED) is 0.493. The van der Waals surface area contributed by atoms with Crippen molar-refractivity contribution in [1.82, 2.24) is 0 Å². The average Bonchev–Trinajstić information content (AvgIpc) is 2.75. The normalized spacial score (nSPS) is 10.4. The van der Waals surface area contributed by atoms with Crippen molar-refractivity contribution in [2.75, 3.05) is 0 Å². The van der Waals surface area contributed by atoms with Crippen molar-refractivity contribution in [3.63, 3.8) is 0 Å². The van der Waals surface area contributed by atoms with Crippen LogP contribution < -0.4 is 4.65 Å². The van der Waals surface area contributed by atoms with Gasteiger partial charge in [0.2, 0.25) is 0 Å². The second kappa shape index (κ2) is 7.94. The first-order chi connectivity index (χ1) is 13.4. The van der Waals surface area contributed by atoms with Gasteiger partial charge in [0.25, 0.3) is 0 Å². The zero-order valence-electron chi connectivity index (χ0n) is 14.9. The molecule has 0 bridgehead atoms. The zero-order valence-corrected chi connectivity index (χ0v) is 14.9. The van der Waals surface area contributed by atoms with E-state index in [2.05, 4.69) is 66.7 Å². The third-order valence-electron chi connectivity index (χ3n) is 4.61. The molecule has 27 heavy (non-hydrogen) atoms. The van der Waals surface area contributed by atoms with E-state index in [-0.39, 0.29) is 7.69 Å². The summed E-state index contributed by atoms with van der Waals surface area (Å²) in [5.41, 5.74) is 6.85. The highest BCUT2D eigenvalue weighted by Crippen LogP contribution is 2.39. The number of benzene rings is 4. The molecule has 0 spiro atoms.